The van der Waals surface area contributed by atoms with Crippen LogP contribution in [0, 0.1) is 13.8 Å². The third-order valence-electron chi connectivity index (χ3n) is 4.64. The molecular formula is C22H30N2O3S. The van der Waals surface area contributed by atoms with Crippen molar-refractivity contribution in [3.63, 3.8) is 0 Å². The van der Waals surface area contributed by atoms with Crippen LogP contribution in [0.2, 0.25) is 0 Å². The molecule has 2 rings (SSSR count). The van der Waals surface area contributed by atoms with Gasteiger partial charge in [-0.15, -0.1) is 0 Å². The van der Waals surface area contributed by atoms with Crippen molar-refractivity contribution < 1.29 is 13.2 Å². The minimum atomic E-state index is -3.64. The zero-order chi connectivity index (χ0) is 21.1. The molecule has 0 aromatic heterocycles. The molecule has 0 aliphatic heterocycles. The molecule has 0 radical (unpaired) electrons. The van der Waals surface area contributed by atoms with Gasteiger partial charge in [-0.25, -0.2) is 8.42 Å². The second kappa shape index (κ2) is 8.35. The van der Waals surface area contributed by atoms with Gasteiger partial charge in [0.05, 0.1) is 11.9 Å². The summed E-state index contributed by atoms with van der Waals surface area (Å²) in [4.78, 5) is 13.0. The van der Waals surface area contributed by atoms with Crippen LogP contribution in [0.3, 0.4) is 0 Å². The van der Waals surface area contributed by atoms with E-state index < -0.39 is 21.6 Å². The van der Waals surface area contributed by atoms with Crippen molar-refractivity contribution in [2.45, 2.75) is 52.6 Å². The Balaban J connectivity index is 2.28. The van der Waals surface area contributed by atoms with E-state index in [-0.39, 0.29) is 5.91 Å². The lowest BCUT2D eigenvalue weighted by molar-refractivity contribution is -0.123. The predicted molar refractivity (Wildman–Crippen MR) is 115 cm³/mol. The molecular weight excluding hydrogens is 372 g/mol. The van der Waals surface area contributed by atoms with E-state index in [1.54, 1.807) is 13.0 Å². The summed E-state index contributed by atoms with van der Waals surface area (Å²) in [6, 6.07) is 14.6. The number of carbonyl (C=O) groups excluding carboxylic acids is 1. The van der Waals surface area contributed by atoms with Crippen molar-refractivity contribution in [2.24, 2.45) is 0 Å². The summed E-state index contributed by atoms with van der Waals surface area (Å²) in [6.07, 6.45) is 1.78. The highest BCUT2D eigenvalue weighted by Gasteiger charge is 2.32. The van der Waals surface area contributed by atoms with E-state index in [0.29, 0.717) is 12.1 Å². The third kappa shape index (κ3) is 5.58. The molecule has 2 aromatic carbocycles. The summed E-state index contributed by atoms with van der Waals surface area (Å²) in [7, 11) is -3.64. The van der Waals surface area contributed by atoms with Gasteiger partial charge in [-0.2, -0.15) is 0 Å². The van der Waals surface area contributed by atoms with Crippen molar-refractivity contribution in [2.75, 3.05) is 10.6 Å². The highest BCUT2D eigenvalue weighted by atomic mass is 32.2. The van der Waals surface area contributed by atoms with E-state index in [9.17, 15) is 13.2 Å². The Morgan fingerprint density at radius 3 is 2.29 bits per heavy atom. The zero-order valence-corrected chi connectivity index (χ0v) is 18.3. The van der Waals surface area contributed by atoms with Gasteiger partial charge in [-0.05, 0) is 63.8 Å². The fraction of sp³-hybridized carbons (Fsp3) is 0.409. The van der Waals surface area contributed by atoms with E-state index in [4.69, 9.17) is 0 Å². The molecule has 1 amide bonds. The van der Waals surface area contributed by atoms with Crippen molar-refractivity contribution >= 4 is 21.6 Å². The molecule has 0 bridgehead atoms. The minimum Gasteiger partial charge on any atom is -0.349 e. The lowest BCUT2D eigenvalue weighted by Gasteiger charge is -2.33. The maximum absolute atomic E-state index is 13.0. The van der Waals surface area contributed by atoms with E-state index in [2.05, 4.69) is 5.32 Å². The molecule has 0 spiro atoms. The van der Waals surface area contributed by atoms with Crippen molar-refractivity contribution in [3.8, 4) is 0 Å². The molecule has 0 saturated carbocycles. The van der Waals surface area contributed by atoms with Gasteiger partial charge in [0.1, 0.15) is 6.04 Å². The maximum atomic E-state index is 13.0. The number of anilines is 1. The molecule has 28 heavy (non-hydrogen) atoms. The zero-order valence-electron chi connectivity index (χ0n) is 17.5. The van der Waals surface area contributed by atoms with Gasteiger partial charge in [-0.1, -0.05) is 42.5 Å². The lowest BCUT2D eigenvalue weighted by atomic mass is 9.94. The van der Waals surface area contributed by atoms with E-state index in [0.717, 1.165) is 22.9 Å². The van der Waals surface area contributed by atoms with Crippen molar-refractivity contribution in [1.82, 2.24) is 5.32 Å². The molecule has 0 heterocycles. The summed E-state index contributed by atoms with van der Waals surface area (Å²) < 4.78 is 26.3. The molecule has 0 aliphatic carbocycles. The number of hydrogen-bond acceptors (Lipinski definition) is 3. The first-order valence-corrected chi connectivity index (χ1v) is 11.2. The predicted octanol–water partition coefficient (Wildman–Crippen LogP) is 3.60. The molecule has 1 atom stereocenters. The molecule has 0 fully saturated rings. The monoisotopic (exact) mass is 402 g/mol. The minimum absolute atomic E-state index is 0.327. The number of nitrogens with zero attached hydrogens (tertiary/aromatic N) is 1. The molecule has 5 nitrogen and oxygen atoms in total. The van der Waals surface area contributed by atoms with Crippen molar-refractivity contribution in [1.29, 1.82) is 0 Å². The molecule has 1 unspecified atom stereocenters. The molecule has 1 N–H and O–H groups in total. The van der Waals surface area contributed by atoms with Crippen LogP contribution in [-0.4, -0.2) is 32.2 Å². The van der Waals surface area contributed by atoms with Gasteiger partial charge in [0, 0.05) is 5.54 Å². The second-order valence-corrected chi connectivity index (χ2v) is 9.92. The molecule has 6 heteroatoms. The first kappa shape index (κ1) is 22.0. The summed E-state index contributed by atoms with van der Waals surface area (Å²) >= 11 is 0. The highest BCUT2D eigenvalue weighted by Crippen LogP contribution is 2.26. The summed E-state index contributed by atoms with van der Waals surface area (Å²) in [6.45, 7) is 9.24. The summed E-state index contributed by atoms with van der Waals surface area (Å²) in [5.74, 6) is -0.327. The van der Waals surface area contributed by atoms with Crippen LogP contribution in [0.15, 0.2) is 48.5 Å². The third-order valence-corrected chi connectivity index (χ3v) is 5.87. The Morgan fingerprint density at radius 1 is 1.11 bits per heavy atom. The maximum Gasteiger partial charge on any atom is 0.244 e. The smallest absolute Gasteiger partial charge is 0.244 e. The summed E-state index contributed by atoms with van der Waals surface area (Å²) in [5.41, 5.74) is 2.86. The highest BCUT2D eigenvalue weighted by molar-refractivity contribution is 7.92. The first-order chi connectivity index (χ1) is 12.9. The van der Waals surface area contributed by atoms with Crippen LogP contribution in [0.25, 0.3) is 0 Å². The average molecular weight is 403 g/mol. The van der Waals surface area contributed by atoms with Gasteiger partial charge in [0.15, 0.2) is 0 Å². The number of nitrogens with one attached hydrogen (secondary N) is 1. The number of carbonyl (C=O) groups is 1. The van der Waals surface area contributed by atoms with Crippen LogP contribution < -0.4 is 9.62 Å². The second-order valence-electron chi connectivity index (χ2n) is 8.06. The van der Waals surface area contributed by atoms with E-state index in [1.807, 2.05) is 70.2 Å². The van der Waals surface area contributed by atoms with Gasteiger partial charge in [0.2, 0.25) is 15.9 Å². The number of aryl methyl sites for hydroxylation is 2. The Labute approximate surface area is 168 Å². The Morgan fingerprint density at radius 2 is 1.71 bits per heavy atom. The lowest BCUT2D eigenvalue weighted by Crippen LogP contribution is -2.54. The molecule has 152 valence electrons. The van der Waals surface area contributed by atoms with E-state index >= 15 is 0 Å². The van der Waals surface area contributed by atoms with Crippen molar-refractivity contribution in [3.05, 3.63) is 65.2 Å². The SMILES string of the molecule is Cc1ccc(C)c(N(C(C)C(=O)NC(C)(C)Cc2ccccc2)S(C)(=O)=O)c1. The quantitative estimate of drug-likeness (QED) is 0.770. The Kier molecular flexibility index (Phi) is 6.55. The normalized spacial score (nSPS) is 13.1. The van der Waals surface area contributed by atoms with Gasteiger partial charge < -0.3 is 5.32 Å². The average Bonchev–Trinajstić information content (AvgIpc) is 2.57. The van der Waals surface area contributed by atoms with Crippen LogP contribution in [0.4, 0.5) is 5.69 Å². The number of benzene rings is 2. The number of sulfonamides is 1. The number of rotatable bonds is 7. The van der Waals surface area contributed by atoms with Crippen LogP contribution in [0.5, 0.6) is 0 Å². The first-order valence-electron chi connectivity index (χ1n) is 9.33. The molecule has 2 aromatic rings. The summed E-state index contributed by atoms with van der Waals surface area (Å²) in [5, 5.41) is 3.02. The topological polar surface area (TPSA) is 66.5 Å². The molecule has 0 saturated heterocycles. The van der Waals surface area contributed by atoms with Crippen LogP contribution in [0.1, 0.15) is 37.5 Å². The fourth-order valence-electron chi connectivity index (χ4n) is 3.33. The number of hydrogen-bond donors (Lipinski definition) is 1. The van der Waals surface area contributed by atoms with Gasteiger partial charge in [0.25, 0.3) is 0 Å². The number of amides is 1. The van der Waals surface area contributed by atoms with E-state index in [1.165, 1.54) is 4.31 Å². The van der Waals surface area contributed by atoms with Crippen LogP contribution in [-0.2, 0) is 21.2 Å². The van der Waals surface area contributed by atoms with Gasteiger partial charge in [-0.3, -0.25) is 9.10 Å². The largest absolute Gasteiger partial charge is 0.349 e. The Hall–Kier alpha value is -2.34. The molecule has 0 aliphatic rings. The standard InChI is InChI=1S/C22H30N2O3S/c1-16-12-13-17(2)20(14-16)24(28(6,26)27)18(3)21(25)23-22(4,5)15-19-10-8-7-9-11-19/h7-14,18H,15H2,1-6H3,(H,23,25). The Bertz CT molecular complexity index is 938. The van der Waals surface area contributed by atoms with Gasteiger partial charge >= 0.3 is 0 Å². The fourth-order valence-corrected chi connectivity index (χ4v) is 4.55. The van der Waals surface area contributed by atoms with Crippen LogP contribution >= 0.6 is 0 Å².